The molecule has 1 N–H and O–H groups in total. The second kappa shape index (κ2) is 7.57. The van der Waals surface area contributed by atoms with E-state index in [0.717, 1.165) is 46.4 Å². The van der Waals surface area contributed by atoms with Crippen LogP contribution in [0.15, 0.2) is 36.7 Å². The van der Waals surface area contributed by atoms with Gasteiger partial charge in [0, 0.05) is 13.1 Å². The molecule has 144 valence electrons. The molecule has 4 rings (SSSR count). The van der Waals surface area contributed by atoms with Gasteiger partial charge >= 0.3 is 5.97 Å². The smallest absolute Gasteiger partial charge is 0.308 e. The van der Waals surface area contributed by atoms with Crippen molar-refractivity contribution in [2.45, 2.75) is 19.8 Å². The van der Waals surface area contributed by atoms with E-state index in [1.54, 1.807) is 12.4 Å². The van der Waals surface area contributed by atoms with Crippen LogP contribution in [0.3, 0.4) is 0 Å². The van der Waals surface area contributed by atoms with Crippen LogP contribution >= 0.6 is 23.2 Å². The Balaban J connectivity index is 1.91. The van der Waals surface area contributed by atoms with Crippen LogP contribution in [0.25, 0.3) is 22.0 Å². The number of aryl methyl sites for hydroxylation is 1. The first-order valence-corrected chi connectivity index (χ1v) is 9.89. The van der Waals surface area contributed by atoms with Crippen LogP contribution in [0.2, 0.25) is 10.0 Å². The van der Waals surface area contributed by atoms with E-state index in [-0.39, 0.29) is 0 Å². The van der Waals surface area contributed by atoms with E-state index >= 15 is 0 Å². The molecule has 2 heterocycles. The van der Waals surface area contributed by atoms with Crippen LogP contribution in [0.4, 0.5) is 5.82 Å². The van der Waals surface area contributed by atoms with Crippen molar-refractivity contribution in [1.29, 1.82) is 0 Å². The van der Waals surface area contributed by atoms with Crippen molar-refractivity contribution in [2.24, 2.45) is 5.92 Å². The van der Waals surface area contributed by atoms with Gasteiger partial charge in [0.05, 0.1) is 26.9 Å². The molecule has 0 aliphatic carbocycles. The Kier molecular flexibility index (Phi) is 5.13. The molecule has 1 saturated heterocycles. The Bertz CT molecular complexity index is 1070. The Morgan fingerprint density at radius 2 is 2.00 bits per heavy atom. The molecular weight excluding hydrogens is 397 g/mol. The maximum Gasteiger partial charge on any atom is 0.308 e. The van der Waals surface area contributed by atoms with Crippen molar-refractivity contribution >= 4 is 45.9 Å². The van der Waals surface area contributed by atoms with Gasteiger partial charge in [0.1, 0.15) is 12.1 Å². The number of hydrogen-bond donors (Lipinski definition) is 1. The number of nitrogens with zero attached hydrogens (tertiary/aromatic N) is 3. The highest BCUT2D eigenvalue weighted by atomic mass is 35.5. The summed E-state index contributed by atoms with van der Waals surface area (Å²) in [7, 11) is 0. The fraction of sp³-hybridized carbons (Fsp3) is 0.286. The number of carboxylic acid groups (broad SMARTS) is 1. The molecule has 0 amide bonds. The summed E-state index contributed by atoms with van der Waals surface area (Å²) in [5, 5.41) is 11.4. The fourth-order valence-corrected chi connectivity index (χ4v) is 4.11. The Hall–Kier alpha value is -2.37. The minimum absolute atomic E-state index is 0.392. The zero-order chi connectivity index (χ0) is 19.8. The number of aromatic nitrogens is 2. The maximum atomic E-state index is 11.5. The molecule has 1 aliphatic heterocycles. The van der Waals surface area contributed by atoms with Gasteiger partial charge in [-0.3, -0.25) is 4.79 Å². The van der Waals surface area contributed by atoms with Crippen LogP contribution in [0.1, 0.15) is 18.4 Å². The monoisotopic (exact) mass is 415 g/mol. The van der Waals surface area contributed by atoms with E-state index in [1.807, 2.05) is 31.2 Å². The number of carbonyl (C=O) groups is 1. The highest BCUT2D eigenvalue weighted by molar-refractivity contribution is 6.42. The second-order valence-corrected chi connectivity index (χ2v) is 7.92. The molecule has 0 spiro atoms. The van der Waals surface area contributed by atoms with Gasteiger partial charge in [-0.15, -0.1) is 0 Å². The number of benzene rings is 2. The quantitative estimate of drug-likeness (QED) is 0.635. The number of hydrogen-bond acceptors (Lipinski definition) is 4. The summed E-state index contributed by atoms with van der Waals surface area (Å²) >= 11 is 12.3. The average molecular weight is 416 g/mol. The summed E-state index contributed by atoms with van der Waals surface area (Å²) in [6, 6.07) is 9.58. The van der Waals surface area contributed by atoms with Crippen LogP contribution in [0, 0.1) is 12.8 Å². The lowest BCUT2D eigenvalue weighted by molar-refractivity contribution is -0.141. The summed E-state index contributed by atoms with van der Waals surface area (Å²) in [5.74, 6) is -0.387. The van der Waals surface area contributed by atoms with Crippen molar-refractivity contribution < 1.29 is 9.90 Å². The number of piperidine rings is 1. The van der Waals surface area contributed by atoms with Gasteiger partial charge < -0.3 is 10.0 Å². The molecule has 3 aromatic rings. The van der Waals surface area contributed by atoms with Gasteiger partial charge in [-0.05, 0) is 48.6 Å². The van der Waals surface area contributed by atoms with E-state index in [0.29, 0.717) is 23.0 Å². The molecule has 0 saturated carbocycles. The Labute approximate surface area is 172 Å². The summed E-state index contributed by atoms with van der Waals surface area (Å²) in [5.41, 5.74) is 3.76. The molecule has 5 nitrogen and oxygen atoms in total. The summed E-state index contributed by atoms with van der Waals surface area (Å²) in [6.45, 7) is 3.22. The van der Waals surface area contributed by atoms with Crippen molar-refractivity contribution in [2.75, 3.05) is 18.0 Å². The molecule has 1 atom stereocenters. The van der Waals surface area contributed by atoms with Gasteiger partial charge in [-0.1, -0.05) is 41.4 Å². The van der Waals surface area contributed by atoms with Gasteiger partial charge in [-0.25, -0.2) is 9.97 Å². The number of halogens is 2. The lowest BCUT2D eigenvalue weighted by Gasteiger charge is -2.32. The maximum absolute atomic E-state index is 11.5. The molecular formula is C21H19Cl2N3O2. The summed E-state index contributed by atoms with van der Waals surface area (Å²) in [6.07, 6.45) is 3.05. The molecule has 1 aliphatic rings. The third kappa shape index (κ3) is 3.40. The molecule has 7 heteroatoms. The summed E-state index contributed by atoms with van der Waals surface area (Å²) < 4.78 is 0. The normalized spacial score (nSPS) is 17.1. The zero-order valence-electron chi connectivity index (χ0n) is 15.3. The Morgan fingerprint density at radius 3 is 2.75 bits per heavy atom. The van der Waals surface area contributed by atoms with Gasteiger partial charge in [-0.2, -0.15) is 0 Å². The second-order valence-electron chi connectivity index (χ2n) is 7.10. The highest BCUT2D eigenvalue weighted by Gasteiger charge is 2.28. The van der Waals surface area contributed by atoms with Crippen molar-refractivity contribution in [3.8, 4) is 11.1 Å². The molecule has 1 aromatic heterocycles. The summed E-state index contributed by atoms with van der Waals surface area (Å²) in [4.78, 5) is 22.6. The zero-order valence-corrected chi connectivity index (χ0v) is 16.8. The number of aliphatic carboxylic acids is 1. The minimum atomic E-state index is -0.760. The minimum Gasteiger partial charge on any atom is -0.481 e. The van der Waals surface area contributed by atoms with Gasteiger partial charge in [0.25, 0.3) is 0 Å². The van der Waals surface area contributed by atoms with Crippen LogP contribution in [-0.4, -0.2) is 34.1 Å². The van der Waals surface area contributed by atoms with E-state index in [4.69, 9.17) is 23.2 Å². The number of rotatable bonds is 3. The first-order chi connectivity index (χ1) is 13.5. The van der Waals surface area contributed by atoms with Crippen molar-refractivity contribution in [3.63, 3.8) is 0 Å². The van der Waals surface area contributed by atoms with Gasteiger partial charge in [0.15, 0.2) is 0 Å². The number of anilines is 1. The van der Waals surface area contributed by atoms with Crippen LogP contribution in [0.5, 0.6) is 0 Å². The van der Waals surface area contributed by atoms with Crippen molar-refractivity contribution in [1.82, 2.24) is 9.97 Å². The van der Waals surface area contributed by atoms with Crippen molar-refractivity contribution in [3.05, 3.63) is 52.3 Å². The molecule has 1 unspecified atom stereocenters. The molecule has 2 aromatic carbocycles. The predicted octanol–water partition coefficient (Wildman–Crippen LogP) is 5.21. The van der Waals surface area contributed by atoms with E-state index in [2.05, 4.69) is 14.9 Å². The van der Waals surface area contributed by atoms with E-state index in [9.17, 15) is 9.90 Å². The van der Waals surface area contributed by atoms with Gasteiger partial charge in [0.2, 0.25) is 0 Å². The Morgan fingerprint density at radius 1 is 1.18 bits per heavy atom. The largest absolute Gasteiger partial charge is 0.481 e. The molecule has 28 heavy (non-hydrogen) atoms. The molecule has 1 fully saturated rings. The standard InChI is InChI=1S/C21H19Cl2N3O2/c1-12-4-6-15(13-5-7-16(22)17(23)9-13)18-19(12)24-11-25-20(18)26-8-2-3-14(10-26)21(27)28/h4-7,9,11,14H,2-3,8,10H2,1H3,(H,27,28). The van der Waals surface area contributed by atoms with Crippen LogP contribution in [-0.2, 0) is 4.79 Å². The fourth-order valence-electron chi connectivity index (χ4n) is 3.81. The lowest BCUT2D eigenvalue weighted by atomic mass is 9.95. The van der Waals surface area contributed by atoms with E-state index in [1.165, 1.54) is 0 Å². The molecule has 0 bridgehead atoms. The first-order valence-electron chi connectivity index (χ1n) is 9.13. The predicted molar refractivity (Wildman–Crippen MR) is 112 cm³/mol. The topological polar surface area (TPSA) is 66.3 Å². The lowest BCUT2D eigenvalue weighted by Crippen LogP contribution is -2.39. The highest BCUT2D eigenvalue weighted by Crippen LogP contribution is 2.38. The SMILES string of the molecule is Cc1ccc(-c2ccc(Cl)c(Cl)c2)c2c(N3CCCC(C(=O)O)C3)ncnc12. The number of carboxylic acids is 1. The third-order valence-electron chi connectivity index (χ3n) is 5.27. The first kappa shape index (κ1) is 19.0. The van der Waals surface area contributed by atoms with Crippen LogP contribution < -0.4 is 4.90 Å². The molecule has 0 radical (unpaired) electrons. The van der Waals surface area contributed by atoms with E-state index < -0.39 is 11.9 Å². The average Bonchev–Trinajstić information content (AvgIpc) is 2.70. The third-order valence-corrected chi connectivity index (χ3v) is 6.01. The number of fused-ring (bicyclic) bond motifs is 1.